The third-order valence-electron chi connectivity index (χ3n) is 6.14. The molecule has 1 saturated heterocycles. The molecule has 0 spiro atoms. The van der Waals surface area contributed by atoms with E-state index < -0.39 is 5.97 Å². The van der Waals surface area contributed by atoms with Gasteiger partial charge in [-0.1, -0.05) is 83.9 Å². The number of carbonyl (C=O) groups is 1. The quantitative estimate of drug-likeness (QED) is 0.584. The van der Waals surface area contributed by atoms with Crippen LogP contribution in [0, 0.1) is 19.8 Å². The molecule has 1 heterocycles. The monoisotopic (exact) mass is 399 g/mol. The summed E-state index contributed by atoms with van der Waals surface area (Å²) in [5, 5.41) is 9.39. The van der Waals surface area contributed by atoms with Crippen LogP contribution >= 0.6 is 0 Å². The topological polar surface area (TPSA) is 40.5 Å². The Labute approximate surface area is 179 Å². The van der Waals surface area contributed by atoms with Gasteiger partial charge in [0.25, 0.3) is 0 Å². The van der Waals surface area contributed by atoms with Gasteiger partial charge in [-0.2, -0.15) is 0 Å². The predicted octanol–water partition coefficient (Wildman–Crippen LogP) is 5.86. The number of piperidine rings is 1. The standard InChI is InChI=1S/C27H29NO2/c1-19-16-20(2)18-25(17-19)26(28-14-12-24(13-15-28)27(29)30)23-10-8-22(9-11-23)21-6-4-3-5-7-21/h3-11,16-18,24,26H,12-15H2,1-2H3,(H,29,30). The lowest BCUT2D eigenvalue weighted by Crippen LogP contribution is -2.39. The van der Waals surface area contributed by atoms with Gasteiger partial charge in [0.2, 0.25) is 0 Å². The fourth-order valence-corrected chi connectivity index (χ4v) is 4.67. The average molecular weight is 400 g/mol. The maximum absolute atomic E-state index is 11.4. The average Bonchev–Trinajstić information content (AvgIpc) is 2.75. The van der Waals surface area contributed by atoms with Gasteiger partial charge >= 0.3 is 5.97 Å². The van der Waals surface area contributed by atoms with Crippen molar-refractivity contribution >= 4 is 5.97 Å². The zero-order valence-electron chi connectivity index (χ0n) is 17.7. The van der Waals surface area contributed by atoms with Crippen LogP contribution < -0.4 is 0 Å². The number of benzene rings is 3. The number of rotatable bonds is 5. The first kappa shape index (κ1) is 20.4. The summed E-state index contributed by atoms with van der Waals surface area (Å²) < 4.78 is 0. The smallest absolute Gasteiger partial charge is 0.306 e. The second-order valence-electron chi connectivity index (χ2n) is 8.46. The summed E-state index contributed by atoms with van der Waals surface area (Å²) in [6.45, 7) is 5.88. The number of aliphatic carboxylic acids is 1. The molecule has 3 aromatic carbocycles. The van der Waals surface area contributed by atoms with Crippen LogP contribution in [0.4, 0.5) is 0 Å². The maximum atomic E-state index is 11.4. The third-order valence-corrected chi connectivity index (χ3v) is 6.14. The SMILES string of the molecule is Cc1cc(C)cc(C(c2ccc(-c3ccccc3)cc2)N2CCC(C(=O)O)CC2)c1. The number of hydrogen-bond acceptors (Lipinski definition) is 2. The van der Waals surface area contributed by atoms with Crippen molar-refractivity contribution in [3.8, 4) is 11.1 Å². The molecule has 0 bridgehead atoms. The van der Waals surface area contributed by atoms with Gasteiger partial charge in [-0.25, -0.2) is 0 Å². The molecule has 0 radical (unpaired) electrons. The van der Waals surface area contributed by atoms with Gasteiger partial charge in [0.15, 0.2) is 0 Å². The summed E-state index contributed by atoms with van der Waals surface area (Å²) in [6.07, 6.45) is 1.41. The molecule has 4 rings (SSSR count). The highest BCUT2D eigenvalue weighted by Gasteiger charge is 2.30. The van der Waals surface area contributed by atoms with Crippen molar-refractivity contribution in [2.24, 2.45) is 5.92 Å². The molecule has 0 aliphatic carbocycles. The lowest BCUT2D eigenvalue weighted by atomic mass is 9.89. The van der Waals surface area contributed by atoms with Crippen molar-refractivity contribution < 1.29 is 9.90 Å². The first-order valence-electron chi connectivity index (χ1n) is 10.7. The maximum Gasteiger partial charge on any atom is 0.306 e. The molecule has 154 valence electrons. The van der Waals surface area contributed by atoms with E-state index in [1.807, 2.05) is 6.07 Å². The zero-order valence-corrected chi connectivity index (χ0v) is 17.7. The number of nitrogens with zero attached hydrogens (tertiary/aromatic N) is 1. The summed E-state index contributed by atoms with van der Waals surface area (Å²) in [7, 11) is 0. The molecule has 3 heteroatoms. The highest BCUT2D eigenvalue weighted by molar-refractivity contribution is 5.70. The van der Waals surface area contributed by atoms with Gasteiger partial charge in [-0.15, -0.1) is 0 Å². The molecule has 0 saturated carbocycles. The number of aryl methyl sites for hydroxylation is 2. The molecule has 0 aromatic heterocycles. The molecule has 3 nitrogen and oxygen atoms in total. The molecular formula is C27H29NO2. The molecule has 30 heavy (non-hydrogen) atoms. The molecule has 1 atom stereocenters. The van der Waals surface area contributed by atoms with Crippen molar-refractivity contribution in [2.75, 3.05) is 13.1 Å². The normalized spacial score (nSPS) is 16.3. The summed E-state index contributed by atoms with van der Waals surface area (Å²) in [6, 6.07) is 26.2. The summed E-state index contributed by atoms with van der Waals surface area (Å²) in [5.74, 6) is -0.883. The van der Waals surface area contributed by atoms with E-state index in [-0.39, 0.29) is 12.0 Å². The number of hydrogen-bond donors (Lipinski definition) is 1. The Bertz CT molecular complexity index is 983. The van der Waals surface area contributed by atoms with Crippen molar-refractivity contribution in [1.29, 1.82) is 0 Å². The van der Waals surface area contributed by atoms with Gasteiger partial charge < -0.3 is 5.11 Å². The van der Waals surface area contributed by atoms with E-state index >= 15 is 0 Å². The van der Waals surface area contributed by atoms with E-state index in [4.69, 9.17) is 0 Å². The van der Waals surface area contributed by atoms with Crippen molar-refractivity contribution in [3.63, 3.8) is 0 Å². The van der Waals surface area contributed by atoms with Crippen LogP contribution in [-0.4, -0.2) is 29.1 Å². The van der Waals surface area contributed by atoms with E-state index in [0.29, 0.717) is 12.8 Å². The third kappa shape index (κ3) is 4.47. The minimum Gasteiger partial charge on any atom is -0.481 e. The fourth-order valence-electron chi connectivity index (χ4n) is 4.67. The van der Waals surface area contributed by atoms with Crippen molar-refractivity contribution in [2.45, 2.75) is 32.7 Å². The van der Waals surface area contributed by atoms with E-state index in [9.17, 15) is 9.90 Å². The van der Waals surface area contributed by atoms with Crippen LogP contribution in [0.2, 0.25) is 0 Å². The van der Waals surface area contributed by atoms with Crippen LogP contribution in [-0.2, 0) is 4.79 Å². The van der Waals surface area contributed by atoms with Crippen LogP contribution in [0.15, 0.2) is 72.8 Å². The minimum absolute atomic E-state index is 0.142. The minimum atomic E-state index is -0.662. The molecule has 1 unspecified atom stereocenters. The number of likely N-dealkylation sites (tertiary alicyclic amines) is 1. The lowest BCUT2D eigenvalue weighted by molar-refractivity contribution is -0.143. The lowest BCUT2D eigenvalue weighted by Gasteiger charge is -2.37. The highest BCUT2D eigenvalue weighted by atomic mass is 16.4. The molecular weight excluding hydrogens is 370 g/mol. The van der Waals surface area contributed by atoms with Crippen LogP contribution in [0.3, 0.4) is 0 Å². The Morgan fingerprint density at radius 2 is 1.40 bits per heavy atom. The van der Waals surface area contributed by atoms with E-state index in [1.165, 1.54) is 33.4 Å². The first-order chi connectivity index (χ1) is 14.5. The molecule has 1 fully saturated rings. The van der Waals surface area contributed by atoms with Crippen LogP contribution in [0.1, 0.15) is 41.1 Å². The first-order valence-corrected chi connectivity index (χ1v) is 10.7. The molecule has 1 aliphatic rings. The van der Waals surface area contributed by atoms with E-state index in [1.54, 1.807) is 0 Å². The summed E-state index contributed by atoms with van der Waals surface area (Å²) in [4.78, 5) is 13.9. The highest BCUT2D eigenvalue weighted by Crippen LogP contribution is 2.34. The Morgan fingerprint density at radius 3 is 1.97 bits per heavy atom. The summed E-state index contributed by atoms with van der Waals surface area (Å²) in [5.41, 5.74) is 7.49. The van der Waals surface area contributed by atoms with Crippen molar-refractivity contribution in [1.82, 2.24) is 4.90 Å². The van der Waals surface area contributed by atoms with Gasteiger partial charge in [-0.05, 0) is 62.0 Å². The van der Waals surface area contributed by atoms with Gasteiger partial charge in [0.05, 0.1) is 12.0 Å². The molecule has 0 amide bonds. The van der Waals surface area contributed by atoms with Crippen LogP contribution in [0.25, 0.3) is 11.1 Å². The Kier molecular flexibility index (Phi) is 6.01. The summed E-state index contributed by atoms with van der Waals surface area (Å²) >= 11 is 0. The van der Waals surface area contributed by atoms with Crippen LogP contribution in [0.5, 0.6) is 0 Å². The second kappa shape index (κ2) is 8.85. The molecule has 1 N–H and O–H groups in total. The zero-order chi connectivity index (χ0) is 21.1. The Hall–Kier alpha value is -2.91. The largest absolute Gasteiger partial charge is 0.481 e. The van der Waals surface area contributed by atoms with Gasteiger partial charge in [-0.3, -0.25) is 9.69 Å². The van der Waals surface area contributed by atoms with Crippen molar-refractivity contribution in [3.05, 3.63) is 95.1 Å². The molecule has 1 aliphatic heterocycles. The number of carboxylic acid groups (broad SMARTS) is 1. The van der Waals surface area contributed by atoms with E-state index in [2.05, 4.69) is 85.5 Å². The van der Waals surface area contributed by atoms with E-state index in [0.717, 1.165) is 13.1 Å². The Balaban J connectivity index is 1.68. The fraction of sp³-hybridized carbons (Fsp3) is 0.296. The number of carboxylic acids is 1. The molecule has 3 aromatic rings. The van der Waals surface area contributed by atoms with Gasteiger partial charge in [0, 0.05) is 0 Å². The predicted molar refractivity (Wildman–Crippen MR) is 122 cm³/mol. The Morgan fingerprint density at radius 1 is 0.833 bits per heavy atom. The second-order valence-corrected chi connectivity index (χ2v) is 8.46. The van der Waals surface area contributed by atoms with Gasteiger partial charge in [0.1, 0.15) is 0 Å².